The van der Waals surface area contributed by atoms with Crippen LogP contribution in [0, 0.1) is 0 Å². The van der Waals surface area contributed by atoms with E-state index in [1.165, 1.54) is 4.90 Å². The molecule has 3 N–H and O–H groups in total. The van der Waals surface area contributed by atoms with Crippen LogP contribution in [0.2, 0.25) is 5.02 Å². The van der Waals surface area contributed by atoms with Crippen molar-refractivity contribution in [1.29, 1.82) is 0 Å². The Kier molecular flexibility index (Phi) is 6.03. The standard InChI is InChI=1S/C17H19ClN2O5/c1-10(8-11-2-4-12(18)5-3-11)20-7-6-13(21)15(17(20)25)16(24)19-9-14(22)23/h2-5,10,21H,6-9H2,1H3,(H,19,24)(H,22,23). The summed E-state index contributed by atoms with van der Waals surface area (Å²) in [6, 6.07) is 7.04. The molecule has 0 bridgehead atoms. The Balaban J connectivity index is 2.10. The van der Waals surface area contributed by atoms with E-state index in [0.717, 1.165) is 5.56 Å². The number of hydrogen-bond donors (Lipinski definition) is 3. The molecule has 0 aliphatic carbocycles. The van der Waals surface area contributed by atoms with Gasteiger partial charge in [-0.2, -0.15) is 0 Å². The minimum Gasteiger partial charge on any atom is -0.511 e. The van der Waals surface area contributed by atoms with Crippen LogP contribution in [-0.4, -0.2) is 52.0 Å². The molecule has 1 atom stereocenters. The van der Waals surface area contributed by atoms with Crippen LogP contribution < -0.4 is 5.32 Å². The van der Waals surface area contributed by atoms with Gasteiger partial charge in [-0.15, -0.1) is 0 Å². The predicted molar refractivity (Wildman–Crippen MR) is 91.2 cm³/mol. The first-order chi connectivity index (χ1) is 11.8. The third-order valence-electron chi connectivity index (χ3n) is 3.96. The summed E-state index contributed by atoms with van der Waals surface area (Å²) in [4.78, 5) is 36.7. The fourth-order valence-electron chi connectivity index (χ4n) is 2.68. The molecule has 0 saturated heterocycles. The first-order valence-electron chi connectivity index (χ1n) is 7.77. The van der Waals surface area contributed by atoms with E-state index in [1.807, 2.05) is 19.1 Å². The summed E-state index contributed by atoms with van der Waals surface area (Å²) in [5.41, 5.74) is 0.593. The number of carbonyl (C=O) groups excluding carboxylic acids is 2. The molecule has 2 rings (SSSR count). The second-order valence-electron chi connectivity index (χ2n) is 5.83. The molecule has 7 nitrogen and oxygen atoms in total. The number of halogens is 1. The third kappa shape index (κ3) is 4.73. The second kappa shape index (κ2) is 8.02. The highest BCUT2D eigenvalue weighted by Gasteiger charge is 2.34. The van der Waals surface area contributed by atoms with Crippen molar-refractivity contribution in [2.24, 2.45) is 0 Å². The van der Waals surface area contributed by atoms with Crippen LogP contribution in [0.15, 0.2) is 35.6 Å². The van der Waals surface area contributed by atoms with Crippen molar-refractivity contribution in [2.45, 2.75) is 25.8 Å². The van der Waals surface area contributed by atoms with Gasteiger partial charge < -0.3 is 20.4 Å². The zero-order valence-electron chi connectivity index (χ0n) is 13.7. The number of amides is 2. The topological polar surface area (TPSA) is 107 Å². The van der Waals surface area contributed by atoms with Crippen LogP contribution in [-0.2, 0) is 20.8 Å². The van der Waals surface area contributed by atoms with Gasteiger partial charge in [0.2, 0.25) is 0 Å². The molecule has 1 aliphatic rings. The summed E-state index contributed by atoms with van der Waals surface area (Å²) in [7, 11) is 0. The highest BCUT2D eigenvalue weighted by atomic mass is 35.5. The van der Waals surface area contributed by atoms with Crippen molar-refractivity contribution in [3.8, 4) is 0 Å². The maximum atomic E-state index is 12.6. The summed E-state index contributed by atoms with van der Waals surface area (Å²) in [5, 5.41) is 21.3. The molecule has 2 amide bonds. The second-order valence-corrected chi connectivity index (χ2v) is 6.26. The summed E-state index contributed by atoms with van der Waals surface area (Å²) < 4.78 is 0. The molecule has 8 heteroatoms. The lowest BCUT2D eigenvalue weighted by Crippen LogP contribution is -2.47. The fraction of sp³-hybridized carbons (Fsp3) is 0.353. The molecule has 134 valence electrons. The lowest BCUT2D eigenvalue weighted by atomic mass is 10.0. The van der Waals surface area contributed by atoms with Gasteiger partial charge >= 0.3 is 5.97 Å². The van der Waals surface area contributed by atoms with E-state index in [9.17, 15) is 19.5 Å². The molecule has 0 saturated carbocycles. The smallest absolute Gasteiger partial charge is 0.322 e. The average molecular weight is 367 g/mol. The quantitative estimate of drug-likeness (QED) is 0.662. The van der Waals surface area contributed by atoms with E-state index < -0.39 is 29.9 Å². The van der Waals surface area contributed by atoms with Crippen molar-refractivity contribution in [3.63, 3.8) is 0 Å². The van der Waals surface area contributed by atoms with Crippen LogP contribution in [0.1, 0.15) is 18.9 Å². The van der Waals surface area contributed by atoms with Crippen molar-refractivity contribution in [3.05, 3.63) is 46.2 Å². The Hall–Kier alpha value is -2.54. The van der Waals surface area contributed by atoms with Gasteiger partial charge in [0.25, 0.3) is 11.8 Å². The van der Waals surface area contributed by atoms with E-state index >= 15 is 0 Å². The molecule has 0 fully saturated rings. The fourth-order valence-corrected chi connectivity index (χ4v) is 2.81. The van der Waals surface area contributed by atoms with Crippen molar-refractivity contribution < 1.29 is 24.6 Å². The van der Waals surface area contributed by atoms with E-state index in [0.29, 0.717) is 11.4 Å². The zero-order valence-corrected chi connectivity index (χ0v) is 14.4. The van der Waals surface area contributed by atoms with Gasteiger partial charge in [-0.25, -0.2) is 0 Å². The number of benzene rings is 1. The minimum absolute atomic E-state index is 0.145. The Bertz CT molecular complexity index is 714. The van der Waals surface area contributed by atoms with Gasteiger partial charge in [0.15, 0.2) is 0 Å². The molecule has 1 aromatic carbocycles. The number of aliphatic hydroxyl groups excluding tert-OH is 1. The van der Waals surface area contributed by atoms with Gasteiger partial charge in [-0.3, -0.25) is 14.4 Å². The van der Waals surface area contributed by atoms with Gasteiger partial charge in [-0.05, 0) is 31.0 Å². The van der Waals surface area contributed by atoms with E-state index in [2.05, 4.69) is 5.32 Å². The van der Waals surface area contributed by atoms with Crippen molar-refractivity contribution in [1.82, 2.24) is 10.2 Å². The summed E-state index contributed by atoms with van der Waals surface area (Å²) in [6.07, 6.45) is 0.709. The molecule has 1 aromatic rings. The van der Waals surface area contributed by atoms with Crippen molar-refractivity contribution >= 4 is 29.4 Å². The van der Waals surface area contributed by atoms with Crippen molar-refractivity contribution in [2.75, 3.05) is 13.1 Å². The normalized spacial score (nSPS) is 15.9. The summed E-state index contributed by atoms with van der Waals surface area (Å²) in [6.45, 7) is 1.51. The molecule has 25 heavy (non-hydrogen) atoms. The largest absolute Gasteiger partial charge is 0.511 e. The highest BCUT2D eigenvalue weighted by molar-refractivity contribution is 6.30. The molecule has 0 radical (unpaired) electrons. The molecule has 1 unspecified atom stereocenters. The number of aliphatic hydroxyl groups is 1. The molecular formula is C17H19ClN2O5. The minimum atomic E-state index is -1.23. The SMILES string of the molecule is CC(Cc1ccc(Cl)cc1)N1CCC(O)=C(C(=O)NCC(=O)O)C1=O. The Morgan fingerprint density at radius 3 is 2.56 bits per heavy atom. The summed E-state index contributed by atoms with van der Waals surface area (Å²) >= 11 is 5.86. The molecule has 0 spiro atoms. The van der Waals surface area contributed by atoms with Crippen LogP contribution >= 0.6 is 11.6 Å². The van der Waals surface area contributed by atoms with Gasteiger partial charge in [0, 0.05) is 24.0 Å². The molecule has 1 heterocycles. The molecular weight excluding hydrogens is 348 g/mol. The monoisotopic (exact) mass is 366 g/mol. The number of rotatable bonds is 6. The third-order valence-corrected chi connectivity index (χ3v) is 4.21. The number of carbonyl (C=O) groups is 3. The maximum Gasteiger partial charge on any atom is 0.322 e. The van der Waals surface area contributed by atoms with Crippen LogP contribution in [0.5, 0.6) is 0 Å². The lowest BCUT2D eigenvalue weighted by molar-refractivity contribution is -0.139. The first-order valence-corrected chi connectivity index (χ1v) is 8.15. The number of carboxylic acids is 1. The summed E-state index contributed by atoms with van der Waals surface area (Å²) in [5.74, 6) is -3.03. The van der Waals surface area contributed by atoms with E-state index in [4.69, 9.17) is 16.7 Å². The van der Waals surface area contributed by atoms with E-state index in [-0.39, 0.29) is 24.8 Å². The van der Waals surface area contributed by atoms with Gasteiger partial charge in [0.1, 0.15) is 17.9 Å². The number of aliphatic carboxylic acids is 1. The van der Waals surface area contributed by atoms with E-state index in [1.54, 1.807) is 12.1 Å². The number of hydrogen-bond acceptors (Lipinski definition) is 4. The lowest BCUT2D eigenvalue weighted by Gasteiger charge is -2.33. The van der Waals surface area contributed by atoms with Gasteiger partial charge in [0.05, 0.1) is 0 Å². The van der Waals surface area contributed by atoms with Crippen LogP contribution in [0.25, 0.3) is 0 Å². The Morgan fingerprint density at radius 2 is 1.96 bits per heavy atom. The number of nitrogens with one attached hydrogen (secondary N) is 1. The van der Waals surface area contributed by atoms with Gasteiger partial charge in [-0.1, -0.05) is 23.7 Å². The van der Waals surface area contributed by atoms with Crippen LogP contribution in [0.3, 0.4) is 0 Å². The number of nitrogens with zero attached hydrogens (tertiary/aromatic N) is 1. The Labute approximate surface area is 149 Å². The number of carboxylic acid groups (broad SMARTS) is 1. The molecule has 0 aromatic heterocycles. The zero-order chi connectivity index (χ0) is 18.6. The molecule has 1 aliphatic heterocycles. The highest BCUT2D eigenvalue weighted by Crippen LogP contribution is 2.22. The first kappa shape index (κ1) is 18.8. The average Bonchev–Trinajstić information content (AvgIpc) is 2.55. The van der Waals surface area contributed by atoms with Crippen LogP contribution in [0.4, 0.5) is 0 Å². The predicted octanol–water partition coefficient (Wildman–Crippen LogP) is 1.52. The Morgan fingerprint density at radius 1 is 1.32 bits per heavy atom. The maximum absolute atomic E-state index is 12.6.